The zero-order chi connectivity index (χ0) is 18.5. The smallest absolute Gasteiger partial charge is 0.237 e. The van der Waals surface area contributed by atoms with Crippen LogP contribution in [0.2, 0.25) is 5.02 Å². The topological polar surface area (TPSA) is 103 Å². The molecule has 0 unspecified atom stereocenters. The van der Waals surface area contributed by atoms with Crippen LogP contribution in [0.5, 0.6) is 0 Å². The number of benzene rings is 1. The Morgan fingerprint density at radius 3 is 2.65 bits per heavy atom. The quantitative estimate of drug-likeness (QED) is 0.586. The van der Waals surface area contributed by atoms with Crippen LogP contribution in [-0.2, 0) is 16.1 Å². The number of halogens is 1. The number of nitrogens with two attached hydrogens (primary N) is 1. The standard InChI is InChI=1S/C16H14ClN5O2S2/c17-10-3-5-11(6-4-10)19-14(24)9-26-16-21-20-15(12-2-1-7-25-12)22(16)8-13(18)23/h1-7H,8-9H2,(H2,18,23)(H,19,24). The summed E-state index contributed by atoms with van der Waals surface area (Å²) in [6, 6.07) is 10.6. The van der Waals surface area contributed by atoms with E-state index in [1.807, 2.05) is 17.5 Å². The molecule has 0 bridgehead atoms. The van der Waals surface area contributed by atoms with Gasteiger partial charge in [-0.25, -0.2) is 0 Å². The van der Waals surface area contributed by atoms with Gasteiger partial charge in [0, 0.05) is 10.7 Å². The predicted molar refractivity (Wildman–Crippen MR) is 103 cm³/mol. The van der Waals surface area contributed by atoms with Crippen LogP contribution in [0.15, 0.2) is 46.9 Å². The van der Waals surface area contributed by atoms with Crippen LogP contribution >= 0.6 is 34.7 Å². The summed E-state index contributed by atoms with van der Waals surface area (Å²) in [6.45, 7) is -0.0542. The SMILES string of the molecule is NC(=O)Cn1c(SCC(=O)Nc2ccc(Cl)cc2)nnc1-c1cccs1. The predicted octanol–water partition coefficient (Wildman–Crippen LogP) is 2.88. The Hall–Kier alpha value is -2.36. The zero-order valence-electron chi connectivity index (χ0n) is 13.4. The molecule has 10 heteroatoms. The molecule has 3 rings (SSSR count). The Morgan fingerprint density at radius 1 is 1.23 bits per heavy atom. The van der Waals surface area contributed by atoms with Crippen molar-refractivity contribution in [3.8, 4) is 10.7 Å². The van der Waals surface area contributed by atoms with Gasteiger partial charge < -0.3 is 11.1 Å². The van der Waals surface area contributed by atoms with Crippen molar-refractivity contribution in [2.24, 2.45) is 5.73 Å². The Kier molecular flexibility index (Phi) is 5.92. The molecule has 0 saturated carbocycles. The van der Waals surface area contributed by atoms with Crippen LogP contribution in [-0.4, -0.2) is 32.3 Å². The monoisotopic (exact) mass is 407 g/mol. The van der Waals surface area contributed by atoms with Crippen molar-refractivity contribution in [1.82, 2.24) is 14.8 Å². The molecule has 2 amide bonds. The maximum absolute atomic E-state index is 12.1. The fourth-order valence-electron chi connectivity index (χ4n) is 2.14. The largest absolute Gasteiger partial charge is 0.368 e. The number of thiophene rings is 1. The van der Waals surface area contributed by atoms with E-state index in [0.717, 1.165) is 4.88 Å². The van der Waals surface area contributed by atoms with Gasteiger partial charge in [-0.1, -0.05) is 29.4 Å². The molecule has 26 heavy (non-hydrogen) atoms. The highest BCUT2D eigenvalue weighted by Crippen LogP contribution is 2.27. The van der Waals surface area contributed by atoms with Gasteiger partial charge >= 0.3 is 0 Å². The first kappa shape index (κ1) is 18.4. The van der Waals surface area contributed by atoms with Gasteiger partial charge in [-0.15, -0.1) is 21.5 Å². The number of anilines is 1. The normalized spacial score (nSPS) is 10.7. The van der Waals surface area contributed by atoms with Crippen LogP contribution < -0.4 is 11.1 Å². The molecule has 2 heterocycles. The van der Waals surface area contributed by atoms with Gasteiger partial charge in [-0.3, -0.25) is 14.2 Å². The zero-order valence-corrected chi connectivity index (χ0v) is 15.8. The molecular formula is C16H14ClN5O2S2. The molecule has 3 N–H and O–H groups in total. The Labute approximate surface area is 162 Å². The summed E-state index contributed by atoms with van der Waals surface area (Å²) in [5, 5.41) is 14.0. The molecule has 3 aromatic rings. The van der Waals surface area contributed by atoms with E-state index in [-0.39, 0.29) is 18.2 Å². The number of thioether (sulfide) groups is 1. The lowest BCUT2D eigenvalue weighted by Crippen LogP contribution is -2.20. The van der Waals surface area contributed by atoms with Gasteiger partial charge in [0.2, 0.25) is 11.8 Å². The molecule has 0 fully saturated rings. The van der Waals surface area contributed by atoms with Crippen LogP contribution in [0.3, 0.4) is 0 Å². The van der Waals surface area contributed by atoms with Gasteiger partial charge in [-0.2, -0.15) is 0 Å². The Morgan fingerprint density at radius 2 is 2.00 bits per heavy atom. The van der Waals surface area contributed by atoms with Gasteiger partial charge in [0.1, 0.15) is 6.54 Å². The van der Waals surface area contributed by atoms with E-state index in [0.29, 0.717) is 21.7 Å². The van der Waals surface area contributed by atoms with Crippen molar-refractivity contribution in [2.45, 2.75) is 11.7 Å². The minimum atomic E-state index is -0.505. The summed E-state index contributed by atoms with van der Waals surface area (Å²) in [5.74, 6) is -0.0395. The van der Waals surface area contributed by atoms with Crippen LogP contribution in [0.1, 0.15) is 0 Å². The Bertz CT molecular complexity index is 909. The van der Waals surface area contributed by atoms with E-state index in [4.69, 9.17) is 17.3 Å². The number of nitrogens with zero attached hydrogens (tertiary/aromatic N) is 3. The second-order valence-corrected chi connectivity index (χ2v) is 7.51. The number of amides is 2. The fourth-order valence-corrected chi connectivity index (χ4v) is 3.72. The molecule has 0 aliphatic carbocycles. The van der Waals surface area contributed by atoms with Crippen molar-refractivity contribution < 1.29 is 9.59 Å². The summed E-state index contributed by atoms with van der Waals surface area (Å²) < 4.78 is 1.62. The van der Waals surface area contributed by atoms with E-state index in [1.165, 1.54) is 23.1 Å². The number of primary amides is 1. The number of carbonyl (C=O) groups excluding carboxylic acids is 2. The third kappa shape index (κ3) is 4.63. The van der Waals surface area contributed by atoms with Crippen molar-refractivity contribution in [2.75, 3.05) is 11.1 Å². The summed E-state index contributed by atoms with van der Waals surface area (Å²) in [6.07, 6.45) is 0. The molecule has 0 atom stereocenters. The average molecular weight is 408 g/mol. The fraction of sp³-hybridized carbons (Fsp3) is 0.125. The molecule has 134 valence electrons. The van der Waals surface area contributed by atoms with Crippen molar-refractivity contribution >= 4 is 52.2 Å². The summed E-state index contributed by atoms with van der Waals surface area (Å²) in [7, 11) is 0. The molecule has 2 aromatic heterocycles. The second kappa shape index (κ2) is 8.35. The summed E-state index contributed by atoms with van der Waals surface area (Å²) in [4.78, 5) is 24.4. The van der Waals surface area contributed by atoms with Crippen LogP contribution in [0.25, 0.3) is 10.7 Å². The Balaban J connectivity index is 1.70. The highest BCUT2D eigenvalue weighted by Gasteiger charge is 2.17. The minimum absolute atomic E-state index is 0.0542. The molecule has 7 nitrogen and oxygen atoms in total. The molecule has 0 aliphatic heterocycles. The highest BCUT2D eigenvalue weighted by atomic mass is 35.5. The van der Waals surface area contributed by atoms with Crippen molar-refractivity contribution in [3.63, 3.8) is 0 Å². The van der Waals surface area contributed by atoms with Gasteiger partial charge in [0.25, 0.3) is 0 Å². The molecular weight excluding hydrogens is 394 g/mol. The highest BCUT2D eigenvalue weighted by molar-refractivity contribution is 7.99. The summed E-state index contributed by atoms with van der Waals surface area (Å²) >= 11 is 8.49. The van der Waals surface area contributed by atoms with Gasteiger partial charge in [0.05, 0.1) is 10.6 Å². The first-order valence-corrected chi connectivity index (χ1v) is 9.71. The molecule has 0 saturated heterocycles. The van der Waals surface area contributed by atoms with Crippen LogP contribution in [0, 0.1) is 0 Å². The van der Waals surface area contributed by atoms with Gasteiger partial charge in [0.15, 0.2) is 11.0 Å². The molecule has 1 aromatic carbocycles. The molecule has 0 spiro atoms. The maximum Gasteiger partial charge on any atom is 0.237 e. The lowest BCUT2D eigenvalue weighted by Gasteiger charge is -2.07. The molecule has 0 aliphatic rings. The maximum atomic E-state index is 12.1. The van der Waals surface area contributed by atoms with Crippen molar-refractivity contribution in [1.29, 1.82) is 0 Å². The minimum Gasteiger partial charge on any atom is -0.368 e. The first-order chi connectivity index (χ1) is 12.5. The third-order valence-electron chi connectivity index (χ3n) is 3.23. The van der Waals surface area contributed by atoms with E-state index in [9.17, 15) is 9.59 Å². The lowest BCUT2D eigenvalue weighted by molar-refractivity contribution is -0.118. The number of carbonyl (C=O) groups is 2. The van der Waals surface area contributed by atoms with E-state index >= 15 is 0 Å². The van der Waals surface area contributed by atoms with E-state index in [1.54, 1.807) is 28.8 Å². The number of nitrogens with one attached hydrogen (secondary N) is 1. The number of rotatable bonds is 7. The lowest BCUT2D eigenvalue weighted by atomic mass is 10.3. The summed E-state index contributed by atoms with van der Waals surface area (Å²) in [5.41, 5.74) is 5.98. The van der Waals surface area contributed by atoms with Crippen LogP contribution in [0.4, 0.5) is 5.69 Å². The van der Waals surface area contributed by atoms with Gasteiger partial charge in [-0.05, 0) is 35.7 Å². The number of hydrogen-bond donors (Lipinski definition) is 2. The third-order valence-corrected chi connectivity index (χ3v) is 5.32. The van der Waals surface area contributed by atoms with Crippen molar-refractivity contribution in [3.05, 3.63) is 46.8 Å². The number of hydrogen-bond acceptors (Lipinski definition) is 6. The van der Waals surface area contributed by atoms with E-state index < -0.39 is 5.91 Å². The average Bonchev–Trinajstić information content (AvgIpc) is 3.24. The second-order valence-electron chi connectivity index (χ2n) is 5.18. The molecule has 0 radical (unpaired) electrons. The first-order valence-electron chi connectivity index (χ1n) is 7.46. The van der Waals surface area contributed by atoms with E-state index in [2.05, 4.69) is 15.5 Å². The number of aromatic nitrogens is 3.